The first-order valence-electron chi connectivity index (χ1n) is 11.9. The summed E-state index contributed by atoms with van der Waals surface area (Å²) < 4.78 is 6.19. The Bertz CT molecular complexity index is 939. The molecule has 2 aliphatic rings. The van der Waals surface area contributed by atoms with Crippen LogP contribution >= 0.6 is 0 Å². The van der Waals surface area contributed by atoms with Crippen LogP contribution in [0, 0.1) is 12.3 Å². The van der Waals surface area contributed by atoms with Gasteiger partial charge in [-0.3, -0.25) is 9.59 Å². The van der Waals surface area contributed by atoms with Gasteiger partial charge in [0.25, 0.3) is 5.91 Å². The van der Waals surface area contributed by atoms with E-state index < -0.39 is 5.41 Å². The van der Waals surface area contributed by atoms with Crippen LogP contribution in [-0.2, 0) is 4.79 Å². The van der Waals surface area contributed by atoms with Gasteiger partial charge < -0.3 is 19.4 Å². The van der Waals surface area contributed by atoms with Crippen LogP contribution in [-0.4, -0.2) is 79.4 Å². The van der Waals surface area contributed by atoms with Gasteiger partial charge in [-0.25, -0.2) is 0 Å². The number of likely N-dealkylation sites (N-methyl/N-ethyl adjacent to an activating group) is 1. The van der Waals surface area contributed by atoms with Crippen LogP contribution in [0.5, 0.6) is 5.75 Å². The summed E-state index contributed by atoms with van der Waals surface area (Å²) in [5, 5.41) is 0. The van der Waals surface area contributed by atoms with Crippen molar-refractivity contribution in [2.24, 2.45) is 5.41 Å². The molecule has 0 aliphatic carbocycles. The molecule has 0 N–H and O–H groups in total. The molecule has 2 saturated heterocycles. The van der Waals surface area contributed by atoms with E-state index in [9.17, 15) is 9.59 Å². The highest BCUT2D eigenvalue weighted by Gasteiger charge is 2.41. The second kappa shape index (κ2) is 10.4. The normalized spacial score (nSPS) is 21.6. The fourth-order valence-electron chi connectivity index (χ4n) is 4.81. The third-order valence-corrected chi connectivity index (χ3v) is 6.92. The zero-order chi connectivity index (χ0) is 23.3. The first-order chi connectivity index (χ1) is 15.9. The van der Waals surface area contributed by atoms with Crippen molar-refractivity contribution < 1.29 is 14.3 Å². The Morgan fingerprint density at radius 2 is 1.61 bits per heavy atom. The molecule has 0 radical (unpaired) electrons. The summed E-state index contributed by atoms with van der Waals surface area (Å²) >= 11 is 0. The lowest BCUT2D eigenvalue weighted by Gasteiger charge is -2.43. The number of amides is 2. The highest BCUT2D eigenvalue weighted by Crippen LogP contribution is 2.36. The maximum Gasteiger partial charge on any atom is 0.253 e. The Balaban J connectivity index is 1.51. The number of nitrogens with zero attached hydrogens (tertiary/aromatic N) is 3. The molecule has 6 heteroatoms. The lowest BCUT2D eigenvalue weighted by molar-refractivity contribution is -0.137. The molecule has 2 aromatic rings. The zero-order valence-electron chi connectivity index (χ0n) is 19.8. The lowest BCUT2D eigenvalue weighted by Crippen LogP contribution is -2.53. The van der Waals surface area contributed by atoms with Crippen molar-refractivity contribution in [3.8, 4) is 5.75 Å². The number of ether oxygens (including phenoxy) is 1. The number of aryl methyl sites for hydroxylation is 1. The fraction of sp³-hybridized carbons (Fsp3) is 0.481. The number of benzene rings is 2. The Hall–Kier alpha value is -2.86. The van der Waals surface area contributed by atoms with Crippen LogP contribution < -0.4 is 4.74 Å². The third-order valence-electron chi connectivity index (χ3n) is 6.92. The number of hydrogen-bond donors (Lipinski definition) is 0. The molecule has 2 heterocycles. The molecule has 1 atom stereocenters. The van der Waals surface area contributed by atoms with E-state index in [1.807, 2.05) is 71.3 Å². The Morgan fingerprint density at radius 3 is 2.30 bits per heavy atom. The summed E-state index contributed by atoms with van der Waals surface area (Å²) in [6.07, 6.45) is 2.14. The average molecular weight is 450 g/mol. The van der Waals surface area contributed by atoms with Crippen molar-refractivity contribution in [2.45, 2.75) is 26.2 Å². The van der Waals surface area contributed by atoms with Crippen LogP contribution in [0.2, 0.25) is 0 Å². The van der Waals surface area contributed by atoms with Gasteiger partial charge in [0.15, 0.2) is 0 Å². The third kappa shape index (κ3) is 5.93. The SMILES string of the molecule is Cc1ccc(C(=O)N2CCCC(COc3ccccc3)(CC(=O)N3CCN(C)CC3)C2)cc1. The monoisotopic (exact) mass is 449 g/mol. The van der Waals surface area contributed by atoms with Gasteiger partial charge in [0.05, 0.1) is 6.61 Å². The Kier molecular flexibility index (Phi) is 7.33. The van der Waals surface area contributed by atoms with Crippen LogP contribution in [0.25, 0.3) is 0 Å². The number of piperidine rings is 1. The second-order valence-electron chi connectivity index (χ2n) is 9.66. The molecular weight excluding hydrogens is 414 g/mol. The second-order valence-corrected chi connectivity index (χ2v) is 9.66. The summed E-state index contributed by atoms with van der Waals surface area (Å²) in [5.41, 5.74) is 1.44. The molecule has 0 aromatic heterocycles. The van der Waals surface area contributed by atoms with E-state index in [4.69, 9.17) is 4.74 Å². The first kappa shape index (κ1) is 23.3. The van der Waals surface area contributed by atoms with E-state index in [2.05, 4.69) is 11.9 Å². The summed E-state index contributed by atoms with van der Waals surface area (Å²) in [4.78, 5) is 32.7. The largest absolute Gasteiger partial charge is 0.493 e. The van der Waals surface area contributed by atoms with Crippen LogP contribution in [0.3, 0.4) is 0 Å². The number of rotatable bonds is 6. The van der Waals surface area contributed by atoms with Gasteiger partial charge in [0.1, 0.15) is 5.75 Å². The zero-order valence-corrected chi connectivity index (χ0v) is 19.8. The van der Waals surface area contributed by atoms with E-state index in [-0.39, 0.29) is 11.8 Å². The van der Waals surface area contributed by atoms with Crippen molar-refractivity contribution >= 4 is 11.8 Å². The minimum absolute atomic E-state index is 0.0332. The van der Waals surface area contributed by atoms with Gasteiger partial charge in [-0.2, -0.15) is 0 Å². The number of carbonyl (C=O) groups is 2. The number of para-hydroxylation sites is 1. The molecule has 2 amide bonds. The van der Waals surface area contributed by atoms with Gasteiger partial charge in [0.2, 0.25) is 5.91 Å². The quantitative estimate of drug-likeness (QED) is 0.678. The summed E-state index contributed by atoms with van der Waals surface area (Å²) in [7, 11) is 2.09. The molecule has 176 valence electrons. The Morgan fingerprint density at radius 1 is 0.909 bits per heavy atom. The smallest absolute Gasteiger partial charge is 0.253 e. The standard InChI is InChI=1S/C27H35N3O3/c1-22-9-11-23(12-10-22)26(32)30-14-6-13-27(20-30,21-33-24-7-4-3-5-8-24)19-25(31)29-17-15-28(2)16-18-29/h3-5,7-12H,6,13-21H2,1-2H3. The van der Waals surface area contributed by atoms with Crippen LogP contribution in [0.15, 0.2) is 54.6 Å². The maximum atomic E-state index is 13.3. The summed E-state index contributed by atoms with van der Waals surface area (Å²) in [6.45, 7) is 7.01. The van der Waals surface area contributed by atoms with Crippen molar-refractivity contribution in [3.05, 3.63) is 65.7 Å². The van der Waals surface area contributed by atoms with Crippen LogP contribution in [0.4, 0.5) is 0 Å². The number of carbonyl (C=O) groups excluding carboxylic acids is 2. The van der Waals surface area contributed by atoms with Crippen molar-refractivity contribution in [1.29, 1.82) is 0 Å². The summed E-state index contributed by atoms with van der Waals surface area (Å²) in [5.74, 6) is 1.00. The van der Waals surface area contributed by atoms with Crippen molar-refractivity contribution in [2.75, 3.05) is 52.9 Å². The highest BCUT2D eigenvalue weighted by molar-refractivity contribution is 5.94. The van der Waals surface area contributed by atoms with E-state index in [0.717, 1.165) is 50.3 Å². The van der Waals surface area contributed by atoms with Gasteiger partial charge in [-0.1, -0.05) is 35.9 Å². The molecule has 2 aromatic carbocycles. The molecule has 33 heavy (non-hydrogen) atoms. The van der Waals surface area contributed by atoms with Crippen molar-refractivity contribution in [3.63, 3.8) is 0 Å². The van der Waals surface area contributed by atoms with E-state index in [0.29, 0.717) is 31.7 Å². The Labute approximate surface area is 197 Å². The van der Waals surface area contributed by atoms with Gasteiger partial charge in [-0.05, 0) is 51.1 Å². The van der Waals surface area contributed by atoms with Crippen molar-refractivity contribution in [1.82, 2.24) is 14.7 Å². The minimum atomic E-state index is -0.394. The predicted molar refractivity (Wildman–Crippen MR) is 129 cm³/mol. The number of hydrogen-bond acceptors (Lipinski definition) is 4. The predicted octanol–water partition coefficient (Wildman–Crippen LogP) is 3.46. The molecule has 6 nitrogen and oxygen atoms in total. The maximum absolute atomic E-state index is 13.3. The van der Waals surface area contributed by atoms with E-state index >= 15 is 0 Å². The van der Waals surface area contributed by atoms with E-state index in [1.165, 1.54) is 0 Å². The molecule has 0 bridgehead atoms. The van der Waals surface area contributed by atoms with E-state index in [1.54, 1.807) is 0 Å². The molecule has 0 saturated carbocycles. The van der Waals surface area contributed by atoms with Gasteiger partial charge >= 0.3 is 0 Å². The van der Waals surface area contributed by atoms with Gasteiger partial charge in [-0.15, -0.1) is 0 Å². The topological polar surface area (TPSA) is 53.1 Å². The minimum Gasteiger partial charge on any atom is -0.493 e. The molecular formula is C27H35N3O3. The highest BCUT2D eigenvalue weighted by atomic mass is 16.5. The first-order valence-corrected chi connectivity index (χ1v) is 11.9. The number of piperazine rings is 1. The molecule has 2 aliphatic heterocycles. The molecule has 4 rings (SSSR count). The number of likely N-dealkylation sites (tertiary alicyclic amines) is 1. The average Bonchev–Trinajstić information content (AvgIpc) is 2.84. The molecule has 2 fully saturated rings. The summed E-state index contributed by atoms with van der Waals surface area (Å²) in [6, 6.07) is 17.5. The lowest BCUT2D eigenvalue weighted by atomic mass is 9.77. The van der Waals surface area contributed by atoms with Crippen LogP contribution in [0.1, 0.15) is 35.2 Å². The molecule has 0 spiro atoms. The fourth-order valence-corrected chi connectivity index (χ4v) is 4.81. The van der Waals surface area contributed by atoms with Gasteiger partial charge in [0, 0.05) is 56.7 Å². The molecule has 1 unspecified atom stereocenters.